The molecule has 42 heavy (non-hydrogen) atoms. The first-order valence-corrected chi connectivity index (χ1v) is 13.4. The van der Waals surface area contributed by atoms with E-state index in [1.54, 1.807) is 12.1 Å². The summed E-state index contributed by atoms with van der Waals surface area (Å²) in [5, 5.41) is 4.30. The Morgan fingerprint density at radius 3 is 1.98 bits per heavy atom. The van der Waals surface area contributed by atoms with Crippen LogP contribution in [0.25, 0.3) is 0 Å². The fourth-order valence-corrected chi connectivity index (χ4v) is 4.36. The second-order valence-corrected chi connectivity index (χ2v) is 10.9. The summed E-state index contributed by atoms with van der Waals surface area (Å²) in [6.07, 6.45) is -5.97. The number of ketones is 2. The number of amides is 2. The molecule has 0 bridgehead atoms. The number of carbonyl (C=O) groups excluding carboxylic acids is 4. The molecule has 0 spiro atoms. The summed E-state index contributed by atoms with van der Waals surface area (Å²) in [6.45, 7) is -0.00369. The highest BCUT2D eigenvalue weighted by molar-refractivity contribution is 6.34. The standard InChI is InChI=1S/C27H26Cl3F5N2O5/c1-14(2)20(24(40)27(34,35)25(41)36-13-26(31,32)33)11-22(38)21(7-15-3-5-16(28)6-4-15)37-23(39)12-42-19-9-17(29)8-18(30)10-19/h3-6,8-10,14,20-21H,7,11-13H2,1-2H3,(H,36,41)(H,37,39)/t20-,21-/m0/s1. The van der Waals surface area contributed by atoms with Crippen molar-refractivity contribution in [3.8, 4) is 5.75 Å². The van der Waals surface area contributed by atoms with E-state index in [0.717, 1.165) is 5.32 Å². The van der Waals surface area contributed by atoms with E-state index in [1.807, 2.05) is 0 Å². The van der Waals surface area contributed by atoms with Crippen molar-refractivity contribution in [1.82, 2.24) is 10.6 Å². The second kappa shape index (κ2) is 15.0. The van der Waals surface area contributed by atoms with Crippen molar-refractivity contribution in [1.29, 1.82) is 0 Å². The van der Waals surface area contributed by atoms with Gasteiger partial charge in [-0.25, -0.2) is 0 Å². The molecule has 2 amide bonds. The van der Waals surface area contributed by atoms with Crippen LogP contribution in [0.3, 0.4) is 0 Å². The number of hydrogen-bond acceptors (Lipinski definition) is 5. The quantitative estimate of drug-likeness (QED) is 0.195. The first-order valence-electron chi connectivity index (χ1n) is 12.3. The molecule has 0 fully saturated rings. The average molecular weight is 660 g/mol. The Kier molecular flexibility index (Phi) is 12.6. The van der Waals surface area contributed by atoms with Crippen LogP contribution in [0.1, 0.15) is 25.8 Å². The van der Waals surface area contributed by atoms with E-state index in [1.165, 1.54) is 44.2 Å². The van der Waals surface area contributed by atoms with Crippen molar-refractivity contribution in [2.45, 2.75) is 44.8 Å². The van der Waals surface area contributed by atoms with Crippen molar-refractivity contribution in [3.05, 3.63) is 63.1 Å². The largest absolute Gasteiger partial charge is 0.484 e. The molecule has 2 rings (SSSR count). The first-order chi connectivity index (χ1) is 19.4. The van der Waals surface area contributed by atoms with E-state index in [-0.39, 0.29) is 22.2 Å². The zero-order valence-corrected chi connectivity index (χ0v) is 24.4. The third-order valence-corrected chi connectivity index (χ3v) is 6.58. The molecule has 2 N–H and O–H groups in total. The summed E-state index contributed by atoms with van der Waals surface area (Å²) in [4.78, 5) is 50.5. The van der Waals surface area contributed by atoms with Gasteiger partial charge in [-0.1, -0.05) is 60.8 Å². The SMILES string of the molecule is CC(C)[C@H](CC(=O)[C@H](Cc1ccc(Cl)cc1)NC(=O)COc1cc(Cl)cc(Cl)c1)C(=O)C(F)(F)C(=O)NCC(F)(F)F. The van der Waals surface area contributed by atoms with Gasteiger partial charge >= 0.3 is 12.1 Å². The van der Waals surface area contributed by atoms with Crippen LogP contribution in [0, 0.1) is 11.8 Å². The van der Waals surface area contributed by atoms with Gasteiger partial charge in [-0.3, -0.25) is 19.2 Å². The van der Waals surface area contributed by atoms with Crippen molar-refractivity contribution in [2.24, 2.45) is 11.8 Å². The highest BCUT2D eigenvalue weighted by atomic mass is 35.5. The van der Waals surface area contributed by atoms with Crippen molar-refractivity contribution < 1.29 is 45.9 Å². The van der Waals surface area contributed by atoms with Crippen LogP contribution in [0.4, 0.5) is 22.0 Å². The fraction of sp³-hybridized carbons (Fsp3) is 0.407. The van der Waals surface area contributed by atoms with Gasteiger partial charge in [0.05, 0.1) is 6.04 Å². The van der Waals surface area contributed by atoms with Gasteiger partial charge in [0.1, 0.15) is 12.3 Å². The molecule has 15 heteroatoms. The van der Waals surface area contributed by atoms with Crippen molar-refractivity contribution in [2.75, 3.05) is 13.2 Å². The maximum Gasteiger partial charge on any atom is 0.405 e. The molecule has 0 aliphatic rings. The van der Waals surface area contributed by atoms with Gasteiger partial charge in [-0.15, -0.1) is 0 Å². The van der Waals surface area contributed by atoms with Crippen LogP contribution in [0.5, 0.6) is 5.75 Å². The van der Waals surface area contributed by atoms with Gasteiger partial charge in [-0.2, -0.15) is 22.0 Å². The number of halogens is 8. The number of alkyl halides is 5. The van der Waals surface area contributed by atoms with Crippen LogP contribution >= 0.6 is 34.8 Å². The molecule has 0 aliphatic carbocycles. The van der Waals surface area contributed by atoms with Gasteiger partial charge in [-0.05, 0) is 48.2 Å². The van der Waals surface area contributed by atoms with E-state index >= 15 is 0 Å². The molecular weight excluding hydrogens is 634 g/mol. The summed E-state index contributed by atoms with van der Waals surface area (Å²) >= 11 is 17.7. The van der Waals surface area contributed by atoms with E-state index < -0.39 is 72.9 Å². The minimum atomic E-state index is -4.99. The zero-order chi connectivity index (χ0) is 31.8. The number of Topliss-reactive ketones (excluding diaryl/α,β-unsaturated/α-hetero) is 2. The number of carbonyl (C=O) groups is 4. The topological polar surface area (TPSA) is 102 Å². The van der Waals surface area contributed by atoms with Gasteiger partial charge in [0, 0.05) is 27.4 Å². The minimum absolute atomic E-state index is 0.133. The van der Waals surface area contributed by atoms with Crippen molar-refractivity contribution >= 4 is 58.2 Å². The molecule has 2 aromatic rings. The Morgan fingerprint density at radius 1 is 0.881 bits per heavy atom. The van der Waals surface area contributed by atoms with Crippen LogP contribution in [0.2, 0.25) is 15.1 Å². The third kappa shape index (κ3) is 11.0. The average Bonchev–Trinajstić information content (AvgIpc) is 2.88. The molecule has 2 aromatic carbocycles. The summed E-state index contributed by atoms with van der Waals surface area (Å²) in [6, 6.07) is 9.04. The molecule has 0 heterocycles. The Morgan fingerprint density at radius 2 is 1.45 bits per heavy atom. The van der Waals surface area contributed by atoms with Crippen LogP contribution in [-0.4, -0.2) is 54.7 Å². The number of hydrogen-bond donors (Lipinski definition) is 2. The van der Waals surface area contributed by atoms with Gasteiger partial charge in [0.2, 0.25) is 5.78 Å². The third-order valence-electron chi connectivity index (χ3n) is 5.89. The molecule has 0 aliphatic heterocycles. The minimum Gasteiger partial charge on any atom is -0.484 e. The lowest BCUT2D eigenvalue weighted by atomic mass is 9.82. The lowest BCUT2D eigenvalue weighted by Crippen LogP contribution is -2.52. The molecule has 0 saturated carbocycles. The second-order valence-electron chi connectivity index (χ2n) is 9.60. The fourth-order valence-electron chi connectivity index (χ4n) is 3.72. The number of nitrogens with one attached hydrogen (secondary N) is 2. The maximum absolute atomic E-state index is 14.6. The number of benzene rings is 2. The number of rotatable bonds is 14. The Labute approximate surface area is 253 Å². The molecular formula is C27H26Cl3F5N2O5. The molecule has 7 nitrogen and oxygen atoms in total. The summed E-state index contributed by atoms with van der Waals surface area (Å²) in [5.41, 5.74) is 0.518. The van der Waals surface area contributed by atoms with Crippen LogP contribution in [0.15, 0.2) is 42.5 Å². The van der Waals surface area contributed by atoms with E-state index in [2.05, 4.69) is 5.32 Å². The highest BCUT2D eigenvalue weighted by Crippen LogP contribution is 2.29. The maximum atomic E-state index is 14.6. The first kappa shape index (κ1) is 35.2. The number of ether oxygens (including phenoxy) is 1. The zero-order valence-electron chi connectivity index (χ0n) is 22.2. The van der Waals surface area contributed by atoms with Gasteiger partial charge in [0.15, 0.2) is 12.4 Å². The normalized spacial score (nSPS) is 13.3. The lowest BCUT2D eigenvalue weighted by molar-refractivity contribution is -0.167. The van der Waals surface area contributed by atoms with Crippen LogP contribution < -0.4 is 15.4 Å². The molecule has 0 saturated heterocycles. The smallest absolute Gasteiger partial charge is 0.405 e. The van der Waals surface area contributed by atoms with E-state index in [0.29, 0.717) is 10.6 Å². The summed E-state index contributed by atoms with van der Waals surface area (Å²) < 4.78 is 71.8. The Hall–Kier alpha value is -2.96. The lowest BCUT2D eigenvalue weighted by Gasteiger charge is -2.26. The van der Waals surface area contributed by atoms with Gasteiger partial charge in [0.25, 0.3) is 11.8 Å². The summed E-state index contributed by atoms with van der Waals surface area (Å²) in [7, 11) is 0. The predicted molar refractivity (Wildman–Crippen MR) is 146 cm³/mol. The van der Waals surface area contributed by atoms with E-state index in [4.69, 9.17) is 39.5 Å². The highest BCUT2D eigenvalue weighted by Gasteiger charge is 2.51. The molecule has 2 atom stereocenters. The summed E-state index contributed by atoms with van der Waals surface area (Å²) in [5.74, 6) is -13.5. The molecule has 0 aromatic heterocycles. The Bertz CT molecular complexity index is 1270. The molecule has 0 unspecified atom stereocenters. The van der Waals surface area contributed by atoms with E-state index in [9.17, 15) is 41.1 Å². The van der Waals surface area contributed by atoms with Gasteiger partial charge < -0.3 is 15.4 Å². The van der Waals surface area contributed by atoms with Crippen LogP contribution in [-0.2, 0) is 25.6 Å². The monoisotopic (exact) mass is 658 g/mol. The molecule has 0 radical (unpaired) electrons. The van der Waals surface area contributed by atoms with Crippen molar-refractivity contribution in [3.63, 3.8) is 0 Å². The Balaban J connectivity index is 2.23. The molecule has 230 valence electrons. The predicted octanol–water partition coefficient (Wildman–Crippen LogP) is 5.87.